The third-order valence-electron chi connectivity index (χ3n) is 3.57. The first-order valence-electron chi connectivity index (χ1n) is 8.18. The lowest BCUT2D eigenvalue weighted by atomic mass is 9.90. The average molecular weight is 390 g/mol. The minimum atomic E-state index is -4.36. The van der Waals surface area contributed by atoms with Gasteiger partial charge in [0.05, 0.1) is 11.1 Å². The SMILES string of the molecule is CC\C=C/C(=C\C=C\S(=O)(=O)CNC)NC1(C)C=CC(C(F)(F)F)=CC1. The second-order valence-corrected chi connectivity index (χ2v) is 8.05. The lowest BCUT2D eigenvalue weighted by Gasteiger charge is -2.31. The molecule has 1 aliphatic carbocycles. The zero-order chi connectivity index (χ0) is 19.8. The Bertz CT molecular complexity index is 732. The molecule has 0 aromatic carbocycles. The van der Waals surface area contributed by atoms with Gasteiger partial charge in [-0.2, -0.15) is 13.2 Å². The molecule has 0 heterocycles. The standard InChI is InChI=1S/C18H25F3N2O2S/c1-4-5-7-16(8-6-13-26(24,25)14-22-3)23-17(2)11-9-15(10-12-17)18(19,20)21/h5-11,13,22-23H,4,12,14H2,1-3H3/b7-5-,13-6+,16-8+. The number of sulfone groups is 1. The third kappa shape index (κ3) is 7.61. The Morgan fingerprint density at radius 2 is 2.08 bits per heavy atom. The molecule has 2 N–H and O–H groups in total. The Labute approximate surface area is 153 Å². The number of alkyl halides is 3. The van der Waals surface area contributed by atoms with Crippen molar-refractivity contribution in [1.29, 1.82) is 0 Å². The first-order chi connectivity index (χ1) is 12.0. The van der Waals surface area contributed by atoms with Crippen LogP contribution in [0.1, 0.15) is 26.7 Å². The molecule has 1 aliphatic rings. The van der Waals surface area contributed by atoms with E-state index in [9.17, 15) is 21.6 Å². The van der Waals surface area contributed by atoms with Crippen molar-refractivity contribution in [3.63, 3.8) is 0 Å². The molecule has 4 nitrogen and oxygen atoms in total. The molecule has 0 aromatic heterocycles. The van der Waals surface area contributed by atoms with Gasteiger partial charge < -0.3 is 10.6 Å². The molecule has 26 heavy (non-hydrogen) atoms. The van der Waals surface area contributed by atoms with E-state index in [0.717, 1.165) is 24.0 Å². The van der Waals surface area contributed by atoms with Crippen molar-refractivity contribution in [1.82, 2.24) is 10.6 Å². The van der Waals surface area contributed by atoms with E-state index in [4.69, 9.17) is 0 Å². The highest BCUT2D eigenvalue weighted by atomic mass is 32.2. The zero-order valence-electron chi connectivity index (χ0n) is 15.1. The van der Waals surface area contributed by atoms with Crippen molar-refractivity contribution in [2.45, 2.75) is 38.4 Å². The van der Waals surface area contributed by atoms with Gasteiger partial charge in [0.2, 0.25) is 0 Å². The second kappa shape index (κ2) is 9.23. The number of rotatable bonds is 8. The average Bonchev–Trinajstić information content (AvgIpc) is 2.51. The summed E-state index contributed by atoms with van der Waals surface area (Å²) < 4.78 is 61.5. The summed E-state index contributed by atoms with van der Waals surface area (Å²) in [5.41, 5.74) is -0.751. The van der Waals surface area contributed by atoms with Crippen molar-refractivity contribution in [3.05, 3.63) is 59.2 Å². The minimum absolute atomic E-state index is 0.164. The van der Waals surface area contributed by atoms with Gasteiger partial charge in [0.1, 0.15) is 5.88 Å². The molecule has 0 saturated carbocycles. The molecular formula is C18H25F3N2O2S. The molecule has 0 aromatic rings. The van der Waals surface area contributed by atoms with Gasteiger partial charge in [-0.15, -0.1) is 0 Å². The summed E-state index contributed by atoms with van der Waals surface area (Å²) in [6, 6.07) is 0. The van der Waals surface area contributed by atoms with Crippen LogP contribution in [0.2, 0.25) is 0 Å². The van der Waals surface area contributed by atoms with Crippen LogP contribution in [0.5, 0.6) is 0 Å². The summed E-state index contributed by atoms with van der Waals surface area (Å²) in [6.45, 7) is 3.73. The molecule has 0 saturated heterocycles. The number of nitrogens with one attached hydrogen (secondary N) is 2. The van der Waals surface area contributed by atoms with E-state index in [0.29, 0.717) is 5.70 Å². The van der Waals surface area contributed by atoms with Gasteiger partial charge >= 0.3 is 6.18 Å². The van der Waals surface area contributed by atoms with Crippen LogP contribution in [0, 0.1) is 0 Å². The molecule has 0 fully saturated rings. The smallest absolute Gasteiger partial charge is 0.376 e. The molecule has 0 amide bonds. The van der Waals surface area contributed by atoms with Crippen LogP contribution in [0.15, 0.2) is 59.2 Å². The maximum absolute atomic E-state index is 12.7. The van der Waals surface area contributed by atoms with Gasteiger partial charge in [0, 0.05) is 11.1 Å². The molecule has 0 bridgehead atoms. The van der Waals surface area contributed by atoms with Gasteiger partial charge in [0.25, 0.3) is 0 Å². The molecule has 0 radical (unpaired) electrons. The summed E-state index contributed by atoms with van der Waals surface area (Å²) in [7, 11) is -1.82. The summed E-state index contributed by atoms with van der Waals surface area (Å²) in [4.78, 5) is 0. The van der Waals surface area contributed by atoms with Gasteiger partial charge in [-0.3, -0.25) is 0 Å². The van der Waals surface area contributed by atoms with Crippen LogP contribution in [-0.4, -0.2) is 33.1 Å². The predicted molar refractivity (Wildman–Crippen MR) is 98.9 cm³/mol. The highest BCUT2D eigenvalue weighted by Gasteiger charge is 2.35. The highest BCUT2D eigenvalue weighted by molar-refractivity contribution is 7.94. The molecule has 8 heteroatoms. The van der Waals surface area contributed by atoms with Crippen molar-refractivity contribution in [3.8, 4) is 0 Å². The number of hydrogen-bond donors (Lipinski definition) is 2. The number of halogens is 3. The van der Waals surface area contributed by atoms with Crippen molar-refractivity contribution >= 4 is 9.84 Å². The topological polar surface area (TPSA) is 58.2 Å². The minimum Gasteiger partial charge on any atom is -0.376 e. The lowest BCUT2D eigenvalue weighted by molar-refractivity contribution is -0.0887. The van der Waals surface area contributed by atoms with Crippen LogP contribution in [0.25, 0.3) is 0 Å². The van der Waals surface area contributed by atoms with Gasteiger partial charge in [-0.1, -0.05) is 31.2 Å². The maximum Gasteiger partial charge on any atom is 0.416 e. The number of allylic oxidation sites excluding steroid dienone is 6. The largest absolute Gasteiger partial charge is 0.416 e. The van der Waals surface area contributed by atoms with E-state index in [1.165, 1.54) is 19.2 Å². The third-order valence-corrected chi connectivity index (χ3v) is 4.84. The lowest BCUT2D eigenvalue weighted by Crippen LogP contribution is -2.40. The molecule has 1 rings (SSSR count). The first-order valence-corrected chi connectivity index (χ1v) is 9.90. The molecule has 1 unspecified atom stereocenters. The van der Waals surface area contributed by atoms with Crippen molar-refractivity contribution in [2.75, 3.05) is 12.9 Å². The summed E-state index contributed by atoms with van der Waals surface area (Å²) in [6.07, 6.45) is 6.91. The Morgan fingerprint density at radius 1 is 1.38 bits per heavy atom. The van der Waals surface area contributed by atoms with Crippen LogP contribution in [0.3, 0.4) is 0 Å². The van der Waals surface area contributed by atoms with E-state index in [1.807, 2.05) is 13.0 Å². The van der Waals surface area contributed by atoms with E-state index in [2.05, 4.69) is 10.6 Å². The molecule has 0 spiro atoms. The van der Waals surface area contributed by atoms with Crippen molar-refractivity contribution in [2.24, 2.45) is 0 Å². The Hall–Kier alpha value is -1.80. The molecule has 146 valence electrons. The fourth-order valence-corrected chi connectivity index (χ4v) is 3.08. The fraction of sp³-hybridized carbons (Fsp3) is 0.444. The van der Waals surface area contributed by atoms with E-state index >= 15 is 0 Å². The molecular weight excluding hydrogens is 365 g/mol. The quantitative estimate of drug-likeness (QED) is 0.620. The van der Waals surface area contributed by atoms with Crippen LogP contribution in [0.4, 0.5) is 13.2 Å². The van der Waals surface area contributed by atoms with Gasteiger partial charge in [0.15, 0.2) is 9.84 Å². The van der Waals surface area contributed by atoms with Crippen molar-refractivity contribution < 1.29 is 21.6 Å². The summed E-state index contributed by atoms with van der Waals surface area (Å²) in [5, 5.41) is 6.83. The summed E-state index contributed by atoms with van der Waals surface area (Å²) in [5.74, 6) is -0.170. The number of hydrogen-bond acceptors (Lipinski definition) is 4. The highest BCUT2D eigenvalue weighted by Crippen LogP contribution is 2.32. The van der Waals surface area contributed by atoms with Gasteiger partial charge in [-0.05, 0) is 45.0 Å². The van der Waals surface area contributed by atoms with Crippen LogP contribution >= 0.6 is 0 Å². The van der Waals surface area contributed by atoms with E-state index in [-0.39, 0.29) is 12.3 Å². The monoisotopic (exact) mass is 390 g/mol. The Balaban J connectivity index is 2.94. The molecule has 0 aliphatic heterocycles. The van der Waals surface area contributed by atoms with Crippen LogP contribution in [-0.2, 0) is 9.84 Å². The predicted octanol–water partition coefficient (Wildman–Crippen LogP) is 3.74. The van der Waals surface area contributed by atoms with E-state index < -0.39 is 27.1 Å². The zero-order valence-corrected chi connectivity index (χ0v) is 15.9. The first kappa shape index (κ1) is 22.2. The summed E-state index contributed by atoms with van der Waals surface area (Å²) >= 11 is 0. The Morgan fingerprint density at radius 3 is 2.58 bits per heavy atom. The Kier molecular flexibility index (Phi) is 7.89. The fourth-order valence-electron chi connectivity index (χ4n) is 2.26. The van der Waals surface area contributed by atoms with E-state index in [1.54, 1.807) is 19.1 Å². The normalized spacial score (nSPS) is 22.2. The molecule has 1 atom stereocenters. The van der Waals surface area contributed by atoms with Crippen LogP contribution < -0.4 is 10.6 Å². The second-order valence-electron chi connectivity index (χ2n) is 6.16. The maximum atomic E-state index is 12.7. The van der Waals surface area contributed by atoms with Gasteiger partial charge in [-0.25, -0.2) is 8.42 Å².